The van der Waals surface area contributed by atoms with Gasteiger partial charge in [0.1, 0.15) is 5.54 Å². The van der Waals surface area contributed by atoms with Crippen molar-refractivity contribution in [1.29, 1.82) is 0 Å². The number of hydrogen-bond donors (Lipinski definition) is 0. The molecule has 2 aliphatic rings. The first-order chi connectivity index (χ1) is 11.0. The summed E-state index contributed by atoms with van der Waals surface area (Å²) in [5, 5.41) is 0. The highest BCUT2D eigenvalue weighted by molar-refractivity contribution is 5.89. The Balaban J connectivity index is 2.18. The van der Waals surface area contributed by atoms with Gasteiger partial charge in [-0.3, -0.25) is 14.5 Å². The second kappa shape index (κ2) is 7.45. The molecule has 6 heteroatoms. The number of amides is 2. The summed E-state index contributed by atoms with van der Waals surface area (Å²) in [5.74, 6) is 0.222. The number of rotatable bonds is 6. The molecule has 1 unspecified atom stereocenters. The van der Waals surface area contributed by atoms with Gasteiger partial charge in [0.2, 0.25) is 11.8 Å². The molecule has 0 bridgehead atoms. The van der Waals surface area contributed by atoms with Crippen LogP contribution in [0.15, 0.2) is 12.7 Å². The van der Waals surface area contributed by atoms with Crippen molar-refractivity contribution in [2.75, 3.05) is 46.4 Å². The van der Waals surface area contributed by atoms with Crippen LogP contribution in [-0.4, -0.2) is 84.5 Å². The molecule has 130 valence electrons. The van der Waals surface area contributed by atoms with Crippen LogP contribution in [0.5, 0.6) is 0 Å². The second-order valence-electron chi connectivity index (χ2n) is 6.67. The van der Waals surface area contributed by atoms with E-state index in [1.807, 2.05) is 29.7 Å². The molecule has 23 heavy (non-hydrogen) atoms. The molecule has 2 heterocycles. The van der Waals surface area contributed by atoms with Gasteiger partial charge in [-0.2, -0.15) is 0 Å². The van der Waals surface area contributed by atoms with Crippen LogP contribution in [0.3, 0.4) is 0 Å². The van der Waals surface area contributed by atoms with Crippen molar-refractivity contribution in [2.45, 2.75) is 38.3 Å². The molecule has 0 aliphatic carbocycles. The van der Waals surface area contributed by atoms with Gasteiger partial charge >= 0.3 is 0 Å². The Morgan fingerprint density at radius 3 is 2.74 bits per heavy atom. The van der Waals surface area contributed by atoms with Crippen LogP contribution in [0.1, 0.15) is 26.7 Å². The summed E-state index contributed by atoms with van der Waals surface area (Å²) in [5.41, 5.74) is -0.584. The quantitative estimate of drug-likeness (QED) is 0.676. The van der Waals surface area contributed by atoms with Crippen LogP contribution in [0.4, 0.5) is 0 Å². The van der Waals surface area contributed by atoms with Gasteiger partial charge in [0.25, 0.3) is 0 Å². The Bertz CT molecular complexity index is 466. The number of carbonyl (C=O) groups excluding carboxylic acids is 2. The predicted octanol–water partition coefficient (Wildman–Crippen LogP) is 0.733. The standard InChI is InChI=1S/C17H29N3O3/c1-5-8-19-10-11-20(14(2)3)16(22)17(19)7-9-18(13-17)15(21)6-12-23-4/h5,14H,1,6-13H2,2-4H3. The fourth-order valence-electron chi connectivity index (χ4n) is 3.65. The number of ether oxygens (including phenoxy) is 1. The molecule has 0 aromatic rings. The van der Waals surface area contributed by atoms with Crippen LogP contribution >= 0.6 is 0 Å². The van der Waals surface area contributed by atoms with Gasteiger partial charge < -0.3 is 14.5 Å². The SMILES string of the molecule is C=CCN1CCN(C(C)C)C(=O)C12CCN(C(=O)CCOC)C2. The Hall–Kier alpha value is -1.40. The number of nitrogens with zero attached hydrogens (tertiary/aromatic N) is 3. The Morgan fingerprint density at radius 2 is 2.13 bits per heavy atom. The third kappa shape index (κ3) is 3.43. The van der Waals surface area contributed by atoms with Gasteiger partial charge in [0.15, 0.2) is 0 Å². The van der Waals surface area contributed by atoms with E-state index in [0.29, 0.717) is 39.1 Å². The van der Waals surface area contributed by atoms with E-state index in [-0.39, 0.29) is 17.9 Å². The largest absolute Gasteiger partial charge is 0.384 e. The molecule has 6 nitrogen and oxygen atoms in total. The van der Waals surface area contributed by atoms with Crippen molar-refractivity contribution in [3.05, 3.63) is 12.7 Å². The molecule has 0 N–H and O–H groups in total. The number of methoxy groups -OCH3 is 1. The average molecular weight is 323 g/mol. The van der Waals surface area contributed by atoms with E-state index in [1.54, 1.807) is 7.11 Å². The molecular weight excluding hydrogens is 294 g/mol. The first-order valence-corrected chi connectivity index (χ1v) is 8.40. The molecule has 0 aromatic heterocycles. The zero-order valence-corrected chi connectivity index (χ0v) is 14.6. The Kier molecular flexibility index (Phi) is 5.81. The van der Waals surface area contributed by atoms with Crippen molar-refractivity contribution >= 4 is 11.8 Å². The number of likely N-dealkylation sites (tertiary alicyclic amines) is 1. The van der Waals surface area contributed by atoms with Gasteiger partial charge in [-0.25, -0.2) is 0 Å². The van der Waals surface area contributed by atoms with E-state index in [9.17, 15) is 9.59 Å². The maximum Gasteiger partial charge on any atom is 0.245 e. The van der Waals surface area contributed by atoms with E-state index in [2.05, 4.69) is 11.5 Å². The van der Waals surface area contributed by atoms with E-state index in [0.717, 1.165) is 13.1 Å². The average Bonchev–Trinajstić information content (AvgIpc) is 2.96. The molecule has 0 aromatic carbocycles. The first kappa shape index (κ1) is 17.9. The van der Waals surface area contributed by atoms with Gasteiger partial charge in [0, 0.05) is 45.9 Å². The number of hydrogen-bond acceptors (Lipinski definition) is 4. The van der Waals surface area contributed by atoms with Gasteiger partial charge in [-0.15, -0.1) is 6.58 Å². The third-order valence-corrected chi connectivity index (χ3v) is 4.97. The molecule has 0 radical (unpaired) electrons. The summed E-state index contributed by atoms with van der Waals surface area (Å²) in [6, 6.07) is 0.184. The molecule has 1 spiro atoms. The maximum absolute atomic E-state index is 13.1. The highest BCUT2D eigenvalue weighted by Crippen LogP contribution is 2.34. The van der Waals surface area contributed by atoms with Crippen LogP contribution in [0.2, 0.25) is 0 Å². The fraction of sp³-hybridized carbons (Fsp3) is 0.765. The molecule has 2 saturated heterocycles. The van der Waals surface area contributed by atoms with E-state index in [4.69, 9.17) is 4.74 Å². The third-order valence-electron chi connectivity index (χ3n) is 4.97. The maximum atomic E-state index is 13.1. The molecule has 2 aliphatic heterocycles. The summed E-state index contributed by atoms with van der Waals surface area (Å²) >= 11 is 0. The van der Waals surface area contributed by atoms with Crippen molar-refractivity contribution in [1.82, 2.24) is 14.7 Å². The summed E-state index contributed by atoms with van der Waals surface area (Å²) in [6.07, 6.45) is 2.91. The van der Waals surface area contributed by atoms with E-state index < -0.39 is 5.54 Å². The van der Waals surface area contributed by atoms with Crippen molar-refractivity contribution in [2.24, 2.45) is 0 Å². The minimum Gasteiger partial charge on any atom is -0.384 e. The van der Waals surface area contributed by atoms with Crippen LogP contribution < -0.4 is 0 Å². The molecule has 2 rings (SSSR count). The summed E-state index contributed by atoms with van der Waals surface area (Å²) < 4.78 is 4.99. The molecule has 1 atom stereocenters. The number of piperazine rings is 1. The zero-order chi connectivity index (χ0) is 17.0. The number of carbonyl (C=O) groups is 2. The molecule has 2 amide bonds. The van der Waals surface area contributed by atoms with E-state index in [1.165, 1.54) is 0 Å². The first-order valence-electron chi connectivity index (χ1n) is 8.40. The monoisotopic (exact) mass is 323 g/mol. The van der Waals surface area contributed by atoms with Crippen LogP contribution in [0.25, 0.3) is 0 Å². The highest BCUT2D eigenvalue weighted by Gasteiger charge is 2.53. The molecule has 2 fully saturated rings. The molecule has 0 saturated carbocycles. The summed E-state index contributed by atoms with van der Waals surface area (Å²) in [4.78, 5) is 31.4. The van der Waals surface area contributed by atoms with Gasteiger partial charge in [-0.05, 0) is 20.3 Å². The minimum absolute atomic E-state index is 0.0664. The summed E-state index contributed by atoms with van der Waals surface area (Å²) in [6.45, 7) is 11.7. The lowest BCUT2D eigenvalue weighted by atomic mass is 9.90. The van der Waals surface area contributed by atoms with Gasteiger partial charge in [0.05, 0.1) is 13.0 Å². The smallest absolute Gasteiger partial charge is 0.245 e. The lowest BCUT2D eigenvalue weighted by molar-refractivity contribution is -0.152. The van der Waals surface area contributed by atoms with Gasteiger partial charge in [-0.1, -0.05) is 6.08 Å². The van der Waals surface area contributed by atoms with Crippen LogP contribution in [0, 0.1) is 0 Å². The molecular formula is C17H29N3O3. The van der Waals surface area contributed by atoms with Crippen molar-refractivity contribution < 1.29 is 14.3 Å². The van der Waals surface area contributed by atoms with Crippen molar-refractivity contribution in [3.8, 4) is 0 Å². The van der Waals surface area contributed by atoms with Crippen LogP contribution in [-0.2, 0) is 14.3 Å². The lowest BCUT2D eigenvalue weighted by Gasteiger charge is -2.48. The minimum atomic E-state index is -0.584. The Morgan fingerprint density at radius 1 is 1.39 bits per heavy atom. The second-order valence-corrected chi connectivity index (χ2v) is 6.67. The lowest BCUT2D eigenvalue weighted by Crippen LogP contribution is -2.68. The summed E-state index contributed by atoms with van der Waals surface area (Å²) in [7, 11) is 1.59. The fourth-order valence-corrected chi connectivity index (χ4v) is 3.65. The Labute approximate surface area is 139 Å². The topological polar surface area (TPSA) is 53.1 Å². The predicted molar refractivity (Wildman–Crippen MR) is 89.0 cm³/mol. The normalized spacial score (nSPS) is 25.7. The zero-order valence-electron chi connectivity index (χ0n) is 14.6. The van der Waals surface area contributed by atoms with Crippen molar-refractivity contribution in [3.63, 3.8) is 0 Å². The highest BCUT2D eigenvalue weighted by atomic mass is 16.5. The van der Waals surface area contributed by atoms with E-state index >= 15 is 0 Å².